The molecule has 0 fully saturated rings. The van der Waals surface area contributed by atoms with Crippen LogP contribution < -0.4 is 11.1 Å². The van der Waals surface area contributed by atoms with E-state index in [1.165, 1.54) is 0 Å². The zero-order valence-electron chi connectivity index (χ0n) is 10.7. The maximum absolute atomic E-state index is 11.2. The van der Waals surface area contributed by atoms with Crippen molar-refractivity contribution < 1.29 is 4.92 Å². The lowest BCUT2D eigenvalue weighted by Crippen LogP contribution is -2.19. The van der Waals surface area contributed by atoms with Gasteiger partial charge in [0.1, 0.15) is 5.69 Å². The normalized spacial score (nSPS) is 12.3. The van der Waals surface area contributed by atoms with Crippen LogP contribution in [-0.2, 0) is 0 Å². The van der Waals surface area contributed by atoms with Gasteiger partial charge in [-0.25, -0.2) is 0 Å². The second-order valence-electron chi connectivity index (χ2n) is 4.48. The van der Waals surface area contributed by atoms with Gasteiger partial charge in [0.2, 0.25) is 0 Å². The molecule has 6 heteroatoms. The van der Waals surface area contributed by atoms with Gasteiger partial charge in [-0.05, 0) is 37.6 Å². The molecule has 0 spiro atoms. The summed E-state index contributed by atoms with van der Waals surface area (Å²) in [6.45, 7) is 2.50. The Hall–Kier alpha value is -2.21. The van der Waals surface area contributed by atoms with Crippen molar-refractivity contribution in [2.75, 3.05) is 11.9 Å². The van der Waals surface area contributed by atoms with Gasteiger partial charge >= 0.3 is 5.69 Å². The monoisotopic (exact) mass is 260 g/mol. The fourth-order valence-electron chi connectivity index (χ4n) is 1.91. The first-order valence-corrected chi connectivity index (χ1v) is 6.11. The van der Waals surface area contributed by atoms with Gasteiger partial charge < -0.3 is 11.1 Å². The van der Waals surface area contributed by atoms with Crippen molar-refractivity contribution >= 4 is 22.3 Å². The highest BCUT2D eigenvalue weighted by atomic mass is 16.6. The fourth-order valence-corrected chi connectivity index (χ4v) is 1.91. The first kappa shape index (κ1) is 13.2. The Kier molecular flexibility index (Phi) is 3.91. The number of nitro benzene ring substituents is 1. The van der Waals surface area contributed by atoms with Crippen LogP contribution in [0.25, 0.3) is 10.9 Å². The summed E-state index contributed by atoms with van der Waals surface area (Å²) in [6.07, 6.45) is 2.37. The van der Waals surface area contributed by atoms with Crippen LogP contribution in [0, 0.1) is 10.1 Å². The van der Waals surface area contributed by atoms with Crippen molar-refractivity contribution in [1.29, 1.82) is 0 Å². The van der Waals surface area contributed by atoms with E-state index in [1.807, 2.05) is 6.92 Å². The lowest BCUT2D eigenvalue weighted by Gasteiger charge is -2.10. The first-order valence-electron chi connectivity index (χ1n) is 6.11. The maximum Gasteiger partial charge on any atom is 0.301 e. The molecule has 0 saturated heterocycles. The molecule has 2 aromatic rings. The summed E-state index contributed by atoms with van der Waals surface area (Å²) in [5.74, 6) is 0. The lowest BCUT2D eigenvalue weighted by atomic mass is 10.1. The number of pyridine rings is 1. The van der Waals surface area contributed by atoms with E-state index in [1.54, 1.807) is 30.5 Å². The van der Waals surface area contributed by atoms with Gasteiger partial charge in [-0.15, -0.1) is 0 Å². The van der Waals surface area contributed by atoms with Crippen LogP contribution in [-0.4, -0.2) is 22.5 Å². The van der Waals surface area contributed by atoms with Gasteiger partial charge in [0.25, 0.3) is 0 Å². The molecule has 100 valence electrons. The van der Waals surface area contributed by atoms with Crippen molar-refractivity contribution in [3.05, 3.63) is 40.6 Å². The van der Waals surface area contributed by atoms with E-state index in [2.05, 4.69) is 10.3 Å². The number of fused-ring (bicyclic) bond motifs is 1. The largest absolute Gasteiger partial charge is 0.379 e. The van der Waals surface area contributed by atoms with Gasteiger partial charge in [0, 0.05) is 18.8 Å². The summed E-state index contributed by atoms with van der Waals surface area (Å²) in [4.78, 5) is 15.0. The van der Waals surface area contributed by atoms with Crippen molar-refractivity contribution in [2.45, 2.75) is 19.4 Å². The molecule has 1 aromatic carbocycles. The second-order valence-corrected chi connectivity index (χ2v) is 4.48. The topological polar surface area (TPSA) is 94.1 Å². The summed E-state index contributed by atoms with van der Waals surface area (Å²) in [7, 11) is 0. The molecular weight excluding hydrogens is 244 g/mol. The number of nitro groups is 1. The van der Waals surface area contributed by atoms with Gasteiger partial charge in [-0.3, -0.25) is 15.1 Å². The molecule has 6 nitrogen and oxygen atoms in total. The number of rotatable bonds is 5. The van der Waals surface area contributed by atoms with Crippen LogP contribution >= 0.6 is 0 Å². The van der Waals surface area contributed by atoms with Gasteiger partial charge in [-0.2, -0.15) is 0 Å². The molecule has 1 atom stereocenters. The van der Waals surface area contributed by atoms with E-state index < -0.39 is 0 Å². The highest BCUT2D eigenvalue weighted by Crippen LogP contribution is 2.32. The number of hydrogen-bond acceptors (Lipinski definition) is 5. The molecule has 1 heterocycles. The van der Waals surface area contributed by atoms with E-state index in [0.717, 1.165) is 6.42 Å². The average molecular weight is 260 g/mol. The first-order chi connectivity index (χ1) is 9.09. The standard InChI is InChI=1S/C13H16N4O2/c1-9(14)6-8-16-12-5-4-11-10(3-2-7-15-11)13(12)17(18)19/h2-5,7,9,16H,6,8,14H2,1H3. The number of aromatic nitrogens is 1. The SMILES string of the molecule is CC(N)CCNc1ccc2ncccc2c1[N+](=O)[O-]. The van der Waals surface area contributed by atoms with Crippen molar-refractivity contribution in [2.24, 2.45) is 5.73 Å². The third-order valence-corrected chi connectivity index (χ3v) is 2.85. The molecule has 0 bridgehead atoms. The Morgan fingerprint density at radius 2 is 2.26 bits per heavy atom. The molecule has 1 unspecified atom stereocenters. The predicted molar refractivity (Wildman–Crippen MR) is 75.2 cm³/mol. The summed E-state index contributed by atoms with van der Waals surface area (Å²) in [6, 6.07) is 6.93. The Labute approximate surface area is 110 Å². The van der Waals surface area contributed by atoms with Gasteiger partial charge in [-0.1, -0.05) is 0 Å². The van der Waals surface area contributed by atoms with E-state index in [4.69, 9.17) is 5.73 Å². The third-order valence-electron chi connectivity index (χ3n) is 2.85. The van der Waals surface area contributed by atoms with Crippen molar-refractivity contribution in [3.63, 3.8) is 0 Å². The molecule has 0 amide bonds. The molecular formula is C13H16N4O2. The fraction of sp³-hybridized carbons (Fsp3) is 0.308. The van der Waals surface area contributed by atoms with Crippen LogP contribution in [0.3, 0.4) is 0 Å². The molecule has 0 aliphatic rings. The third kappa shape index (κ3) is 2.97. The quantitative estimate of drug-likeness (QED) is 0.635. The van der Waals surface area contributed by atoms with Crippen LogP contribution in [0.1, 0.15) is 13.3 Å². The zero-order valence-corrected chi connectivity index (χ0v) is 10.7. The van der Waals surface area contributed by atoms with E-state index in [-0.39, 0.29) is 16.7 Å². The number of benzene rings is 1. The Morgan fingerprint density at radius 1 is 1.47 bits per heavy atom. The number of nitrogens with zero attached hydrogens (tertiary/aromatic N) is 2. The van der Waals surface area contributed by atoms with Crippen LogP contribution in [0.2, 0.25) is 0 Å². The van der Waals surface area contributed by atoms with Crippen LogP contribution in [0.5, 0.6) is 0 Å². The Bertz CT molecular complexity index is 598. The number of anilines is 1. The Morgan fingerprint density at radius 3 is 2.95 bits per heavy atom. The Balaban J connectivity index is 2.37. The minimum absolute atomic E-state index is 0.0636. The smallest absolute Gasteiger partial charge is 0.301 e. The minimum atomic E-state index is -0.377. The van der Waals surface area contributed by atoms with Crippen molar-refractivity contribution in [1.82, 2.24) is 4.98 Å². The highest BCUT2D eigenvalue weighted by molar-refractivity contribution is 5.94. The molecule has 0 aliphatic heterocycles. The number of nitrogens with two attached hydrogens (primary N) is 1. The molecule has 19 heavy (non-hydrogen) atoms. The number of hydrogen-bond donors (Lipinski definition) is 2. The molecule has 0 aliphatic carbocycles. The van der Waals surface area contributed by atoms with E-state index >= 15 is 0 Å². The minimum Gasteiger partial charge on any atom is -0.379 e. The lowest BCUT2D eigenvalue weighted by molar-refractivity contribution is -0.382. The highest BCUT2D eigenvalue weighted by Gasteiger charge is 2.18. The number of nitrogens with one attached hydrogen (secondary N) is 1. The summed E-state index contributed by atoms with van der Waals surface area (Å²) in [5, 5.41) is 14.9. The summed E-state index contributed by atoms with van der Waals surface area (Å²) >= 11 is 0. The predicted octanol–water partition coefficient (Wildman–Crippen LogP) is 2.29. The van der Waals surface area contributed by atoms with E-state index in [9.17, 15) is 10.1 Å². The van der Waals surface area contributed by atoms with Crippen molar-refractivity contribution in [3.8, 4) is 0 Å². The van der Waals surface area contributed by atoms with Gasteiger partial charge in [0.15, 0.2) is 0 Å². The molecule has 1 aromatic heterocycles. The zero-order chi connectivity index (χ0) is 13.8. The molecule has 0 radical (unpaired) electrons. The second kappa shape index (κ2) is 5.62. The van der Waals surface area contributed by atoms with Gasteiger partial charge in [0.05, 0.1) is 15.8 Å². The molecule has 0 saturated carbocycles. The molecule has 2 rings (SSSR count). The average Bonchev–Trinajstić information content (AvgIpc) is 2.37. The summed E-state index contributed by atoms with van der Waals surface area (Å²) < 4.78 is 0. The van der Waals surface area contributed by atoms with Crippen LogP contribution in [0.15, 0.2) is 30.5 Å². The maximum atomic E-state index is 11.2. The van der Waals surface area contributed by atoms with E-state index in [0.29, 0.717) is 23.1 Å². The van der Waals surface area contributed by atoms with Crippen LogP contribution in [0.4, 0.5) is 11.4 Å². The summed E-state index contributed by atoms with van der Waals surface area (Å²) in [5.41, 5.74) is 6.85. The molecule has 3 N–H and O–H groups in total.